The Morgan fingerprint density at radius 2 is 2.23 bits per heavy atom. The first-order chi connectivity index (χ1) is 15.2. The molecular weight excluding hydrogens is 388 g/mol. The number of ether oxygens (including phenoxy) is 2. The van der Waals surface area contributed by atoms with Crippen LogP contribution in [0.3, 0.4) is 0 Å². The van der Waals surface area contributed by atoms with Gasteiger partial charge in [0.1, 0.15) is 6.10 Å². The molecule has 4 saturated heterocycles. The number of pyridine rings is 1. The van der Waals surface area contributed by atoms with Gasteiger partial charge in [-0.1, -0.05) is 24.3 Å². The Labute approximate surface area is 184 Å². The lowest BCUT2D eigenvalue weighted by atomic mass is 9.73. The second-order valence-electron chi connectivity index (χ2n) is 9.25. The summed E-state index contributed by atoms with van der Waals surface area (Å²) in [5.41, 5.74) is 2.02. The van der Waals surface area contributed by atoms with Crippen molar-refractivity contribution in [1.29, 1.82) is 0 Å². The Morgan fingerprint density at radius 3 is 3.00 bits per heavy atom. The third-order valence-corrected chi connectivity index (χ3v) is 7.45. The van der Waals surface area contributed by atoms with E-state index in [0.29, 0.717) is 18.3 Å². The Morgan fingerprint density at radius 1 is 1.32 bits per heavy atom. The van der Waals surface area contributed by atoms with Crippen molar-refractivity contribution in [3.05, 3.63) is 54.7 Å². The van der Waals surface area contributed by atoms with E-state index in [0.717, 1.165) is 61.8 Å². The molecule has 0 radical (unpaired) electrons. The molecule has 5 heteroatoms. The van der Waals surface area contributed by atoms with Crippen LogP contribution in [0.25, 0.3) is 10.9 Å². The Balaban J connectivity index is 1.41. The van der Waals surface area contributed by atoms with Crippen LogP contribution in [0.1, 0.15) is 50.2 Å². The highest BCUT2D eigenvalue weighted by Gasteiger charge is 2.44. The molecule has 4 fully saturated rings. The number of rotatable bonds is 7. The van der Waals surface area contributed by atoms with Gasteiger partial charge in [0, 0.05) is 36.7 Å². The zero-order valence-corrected chi connectivity index (χ0v) is 18.1. The number of esters is 1. The molecule has 0 N–H and O–H groups in total. The van der Waals surface area contributed by atoms with Crippen molar-refractivity contribution in [2.24, 2.45) is 11.8 Å². The Bertz CT molecular complexity index is 934. The van der Waals surface area contributed by atoms with Crippen molar-refractivity contribution in [2.75, 3.05) is 19.7 Å². The zero-order chi connectivity index (χ0) is 21.2. The third kappa shape index (κ3) is 4.26. The van der Waals surface area contributed by atoms with Gasteiger partial charge in [0.15, 0.2) is 0 Å². The average Bonchev–Trinajstić information content (AvgIpc) is 3.35. The van der Waals surface area contributed by atoms with Gasteiger partial charge in [-0.3, -0.25) is 14.7 Å². The second kappa shape index (κ2) is 9.09. The van der Waals surface area contributed by atoms with Crippen LogP contribution in [0.15, 0.2) is 49.2 Å². The number of fused-ring (bicyclic) bond motifs is 4. The maximum absolute atomic E-state index is 13.0. The van der Waals surface area contributed by atoms with E-state index in [4.69, 9.17) is 9.47 Å². The SMILES string of the molecule is C=CC1CN2CCC1CC2C(OC(=O)CCC1CCCO1)c1ccnc2ccccc12. The summed E-state index contributed by atoms with van der Waals surface area (Å²) < 4.78 is 12.0. The molecule has 6 atom stereocenters. The fourth-order valence-corrected chi connectivity index (χ4v) is 5.76. The fourth-order valence-electron chi connectivity index (χ4n) is 5.76. The summed E-state index contributed by atoms with van der Waals surface area (Å²) in [6.07, 6.45) is 9.41. The first-order valence-electron chi connectivity index (χ1n) is 11.7. The van der Waals surface area contributed by atoms with Gasteiger partial charge in [-0.25, -0.2) is 0 Å². The summed E-state index contributed by atoms with van der Waals surface area (Å²) in [4.78, 5) is 20.0. The molecule has 5 nitrogen and oxygen atoms in total. The van der Waals surface area contributed by atoms with Crippen LogP contribution in [0.5, 0.6) is 0 Å². The number of hydrogen-bond acceptors (Lipinski definition) is 5. The molecule has 164 valence electrons. The highest BCUT2D eigenvalue weighted by atomic mass is 16.5. The molecule has 5 heterocycles. The second-order valence-corrected chi connectivity index (χ2v) is 9.25. The van der Waals surface area contributed by atoms with Crippen molar-refractivity contribution >= 4 is 16.9 Å². The summed E-state index contributed by atoms with van der Waals surface area (Å²) in [6, 6.07) is 10.4. The molecular formula is C26H32N2O3. The number of aromatic nitrogens is 1. The van der Waals surface area contributed by atoms with Crippen molar-refractivity contribution in [3.63, 3.8) is 0 Å². The lowest BCUT2D eigenvalue weighted by molar-refractivity contribution is -0.158. The topological polar surface area (TPSA) is 51.7 Å². The van der Waals surface area contributed by atoms with Gasteiger partial charge >= 0.3 is 5.97 Å². The van der Waals surface area contributed by atoms with Gasteiger partial charge in [-0.15, -0.1) is 6.58 Å². The summed E-state index contributed by atoms with van der Waals surface area (Å²) in [6.45, 7) is 6.93. The first kappa shape index (κ1) is 20.7. The number of piperidine rings is 3. The molecule has 0 aliphatic carbocycles. The highest BCUT2D eigenvalue weighted by molar-refractivity contribution is 5.82. The molecule has 2 bridgehead atoms. The molecule has 6 unspecified atom stereocenters. The van der Waals surface area contributed by atoms with E-state index >= 15 is 0 Å². The van der Waals surface area contributed by atoms with Crippen LogP contribution in [-0.4, -0.2) is 47.7 Å². The monoisotopic (exact) mass is 420 g/mol. The highest BCUT2D eigenvalue weighted by Crippen LogP contribution is 2.43. The molecule has 2 aromatic rings. The molecule has 4 aliphatic rings. The molecule has 6 rings (SSSR count). The molecule has 31 heavy (non-hydrogen) atoms. The van der Waals surface area contributed by atoms with E-state index in [2.05, 4.69) is 28.6 Å². The van der Waals surface area contributed by atoms with E-state index in [-0.39, 0.29) is 24.2 Å². The Hall–Kier alpha value is -2.24. The molecule has 0 spiro atoms. The van der Waals surface area contributed by atoms with Crippen LogP contribution < -0.4 is 0 Å². The molecule has 0 saturated carbocycles. The van der Waals surface area contributed by atoms with Gasteiger partial charge in [-0.2, -0.15) is 0 Å². The number of carbonyl (C=O) groups is 1. The van der Waals surface area contributed by atoms with Crippen LogP contribution >= 0.6 is 0 Å². The predicted octanol–water partition coefficient (Wildman–Crippen LogP) is 4.67. The number of hydrogen-bond donors (Lipinski definition) is 0. The van der Waals surface area contributed by atoms with E-state index in [1.807, 2.05) is 30.5 Å². The quantitative estimate of drug-likeness (QED) is 0.481. The predicted molar refractivity (Wildman–Crippen MR) is 121 cm³/mol. The van der Waals surface area contributed by atoms with Crippen molar-refractivity contribution in [2.45, 2.75) is 56.8 Å². The third-order valence-electron chi connectivity index (χ3n) is 7.45. The van der Waals surface area contributed by atoms with Gasteiger partial charge in [0.25, 0.3) is 0 Å². The maximum Gasteiger partial charge on any atom is 0.306 e. The molecule has 0 amide bonds. The van der Waals surface area contributed by atoms with Crippen molar-refractivity contribution in [3.8, 4) is 0 Å². The fraction of sp³-hybridized carbons (Fsp3) is 0.538. The van der Waals surface area contributed by atoms with E-state index in [1.165, 1.54) is 6.42 Å². The average molecular weight is 421 g/mol. The largest absolute Gasteiger partial charge is 0.456 e. The van der Waals surface area contributed by atoms with Crippen molar-refractivity contribution < 1.29 is 14.3 Å². The number of para-hydroxylation sites is 1. The summed E-state index contributed by atoms with van der Waals surface area (Å²) >= 11 is 0. The van der Waals surface area contributed by atoms with E-state index in [1.54, 1.807) is 0 Å². The maximum atomic E-state index is 13.0. The van der Waals surface area contributed by atoms with E-state index < -0.39 is 0 Å². The van der Waals surface area contributed by atoms with Gasteiger partial charge in [0.05, 0.1) is 17.7 Å². The first-order valence-corrected chi connectivity index (χ1v) is 11.7. The minimum atomic E-state index is -0.279. The minimum Gasteiger partial charge on any atom is -0.456 e. The zero-order valence-electron chi connectivity index (χ0n) is 18.1. The number of nitrogens with zero attached hydrogens (tertiary/aromatic N) is 2. The van der Waals surface area contributed by atoms with Crippen LogP contribution in [0, 0.1) is 11.8 Å². The van der Waals surface area contributed by atoms with Gasteiger partial charge in [0.2, 0.25) is 0 Å². The molecule has 1 aromatic heterocycles. The molecule has 1 aromatic carbocycles. The summed E-state index contributed by atoms with van der Waals surface area (Å²) in [7, 11) is 0. The van der Waals surface area contributed by atoms with Crippen LogP contribution in [-0.2, 0) is 14.3 Å². The summed E-state index contributed by atoms with van der Waals surface area (Å²) in [5.74, 6) is 1.04. The lowest BCUT2D eigenvalue weighted by Crippen LogP contribution is -2.55. The van der Waals surface area contributed by atoms with Gasteiger partial charge < -0.3 is 9.47 Å². The van der Waals surface area contributed by atoms with Gasteiger partial charge in [-0.05, 0) is 62.6 Å². The number of carbonyl (C=O) groups excluding carboxylic acids is 1. The smallest absolute Gasteiger partial charge is 0.306 e. The van der Waals surface area contributed by atoms with E-state index in [9.17, 15) is 4.79 Å². The number of benzene rings is 1. The normalized spacial score (nSPS) is 30.9. The molecule has 4 aliphatic heterocycles. The Kier molecular flexibility index (Phi) is 6.06. The minimum absolute atomic E-state index is 0.121. The van der Waals surface area contributed by atoms with Crippen LogP contribution in [0.4, 0.5) is 0 Å². The standard InChI is InChI=1S/C26H32N2O3/c1-2-18-17-28-14-12-19(18)16-24(28)26(31-25(29)10-9-20-6-5-15-30-20)22-11-13-27-23-8-4-3-7-21(22)23/h2-4,7-8,11,13,18-20,24,26H,1,5-6,9-10,12,14-17H2. The van der Waals surface area contributed by atoms with Crippen molar-refractivity contribution in [1.82, 2.24) is 9.88 Å². The summed E-state index contributed by atoms with van der Waals surface area (Å²) in [5, 5.41) is 1.07. The lowest BCUT2D eigenvalue weighted by Gasteiger charge is -2.51. The van der Waals surface area contributed by atoms with Crippen LogP contribution in [0.2, 0.25) is 0 Å².